The Morgan fingerprint density at radius 3 is 2.28 bits per heavy atom. The molecule has 1 unspecified atom stereocenters. The average Bonchev–Trinajstić information content (AvgIpc) is 3.28. The summed E-state index contributed by atoms with van der Waals surface area (Å²) in [6.45, 7) is 1.97. The fraction of sp³-hybridized carbons (Fsp3) is 0.250. The first-order chi connectivity index (χ1) is 20.2. The quantitative estimate of drug-likeness (QED) is 0.166. The van der Waals surface area contributed by atoms with Crippen molar-refractivity contribution < 1.29 is 52.4 Å². The third-order valence-electron chi connectivity index (χ3n) is 6.94. The van der Waals surface area contributed by atoms with Crippen LogP contribution in [-0.4, -0.2) is 44.3 Å². The normalized spacial score (nSPS) is 12.2. The van der Waals surface area contributed by atoms with Gasteiger partial charge >= 0.3 is 29.6 Å². The van der Waals surface area contributed by atoms with Gasteiger partial charge in [-0.25, -0.2) is 18.4 Å². The van der Waals surface area contributed by atoms with Gasteiger partial charge in [-0.2, -0.15) is 0 Å². The second-order valence-corrected chi connectivity index (χ2v) is 12.1. The molecule has 3 aromatic carbocycles. The maximum atomic E-state index is 11.4. The molecule has 0 aliphatic carbocycles. The summed E-state index contributed by atoms with van der Waals surface area (Å²) in [5, 5.41) is 11.6. The van der Waals surface area contributed by atoms with Gasteiger partial charge in [0.25, 0.3) is 0 Å². The van der Waals surface area contributed by atoms with Gasteiger partial charge in [0.1, 0.15) is 17.5 Å². The van der Waals surface area contributed by atoms with E-state index in [1.165, 1.54) is 0 Å². The summed E-state index contributed by atoms with van der Waals surface area (Å²) in [7, 11) is -4.46. The Bertz CT molecular complexity index is 1780. The molecule has 11 heteroatoms. The van der Waals surface area contributed by atoms with Crippen molar-refractivity contribution in [3.8, 4) is 22.9 Å². The van der Waals surface area contributed by atoms with Crippen LogP contribution >= 0.6 is 11.6 Å². The van der Waals surface area contributed by atoms with Crippen molar-refractivity contribution in [3.05, 3.63) is 113 Å². The maximum Gasteiger partial charge on any atom is 1.00 e. The van der Waals surface area contributed by atoms with E-state index in [-0.39, 0.29) is 46.9 Å². The van der Waals surface area contributed by atoms with Gasteiger partial charge in [0.2, 0.25) is 5.88 Å². The number of aromatic nitrogens is 3. The Balaban J connectivity index is 0.00000423. The van der Waals surface area contributed by atoms with Crippen LogP contribution in [0.4, 0.5) is 0 Å². The molecule has 0 radical (unpaired) electrons. The zero-order chi connectivity index (χ0) is 29.7. The number of unbranched alkanes of at least 4 members (excludes halogenated alkanes) is 1. The molecule has 0 amide bonds. The minimum absolute atomic E-state index is 0. The Morgan fingerprint density at radius 1 is 0.953 bits per heavy atom. The molecule has 2 aromatic heterocycles. The molecule has 0 fully saturated rings. The average molecular weight is 628 g/mol. The molecular formula is C32H31ClN3NaO5S. The predicted octanol–water partition coefficient (Wildman–Crippen LogP) is 3.42. The predicted molar refractivity (Wildman–Crippen MR) is 162 cm³/mol. The number of halogens is 1. The van der Waals surface area contributed by atoms with Crippen molar-refractivity contribution in [2.24, 2.45) is 0 Å². The minimum Gasteiger partial charge on any atom is -0.748 e. The number of fused-ring (bicyclic) bond motifs is 1. The SMILES string of the molecule is CCCCC(CS(=O)(=O)[O-])Oc1ccc(Cc2nc3c(Cc4ccccc4)nc(-c4ccccc4)cn3c2O)cc1Cl.[Na+]. The first-order valence-electron chi connectivity index (χ1n) is 13.8. The number of hydrogen-bond donors (Lipinski definition) is 1. The Hall–Kier alpha value is -2.92. The van der Waals surface area contributed by atoms with Crippen molar-refractivity contribution in [2.75, 3.05) is 5.75 Å². The number of imidazole rings is 1. The molecule has 43 heavy (non-hydrogen) atoms. The molecule has 0 saturated heterocycles. The van der Waals surface area contributed by atoms with Gasteiger partial charge in [0.15, 0.2) is 5.65 Å². The molecule has 0 saturated carbocycles. The van der Waals surface area contributed by atoms with Gasteiger partial charge in [-0.15, -0.1) is 0 Å². The molecule has 8 nitrogen and oxygen atoms in total. The standard InChI is InChI=1S/C32H32ClN3O5S.Na/c1-2-3-14-25(21-42(38,39)40)41-30-16-15-23(17-26(30)33)19-28-32(37)36-20-29(24-12-8-5-9-13-24)34-27(31(36)35-28)18-22-10-6-4-7-11-22;/h4-13,15-17,20,25,37H,2-3,14,18-19,21H2,1H3,(H,38,39,40);/q;+1/p-1. The van der Waals surface area contributed by atoms with Crippen molar-refractivity contribution in [2.45, 2.75) is 45.1 Å². The van der Waals surface area contributed by atoms with E-state index in [0.717, 1.165) is 40.9 Å². The van der Waals surface area contributed by atoms with Gasteiger partial charge in [-0.05, 0) is 29.7 Å². The zero-order valence-electron chi connectivity index (χ0n) is 24.1. The third-order valence-corrected chi connectivity index (χ3v) is 8.01. The fourth-order valence-electron chi connectivity index (χ4n) is 4.88. The summed E-state index contributed by atoms with van der Waals surface area (Å²) < 4.78 is 41.6. The van der Waals surface area contributed by atoms with E-state index >= 15 is 0 Å². The number of aromatic hydroxyl groups is 1. The van der Waals surface area contributed by atoms with Gasteiger partial charge in [-0.1, -0.05) is 98.1 Å². The fourth-order valence-corrected chi connectivity index (χ4v) is 5.81. The zero-order valence-corrected chi connectivity index (χ0v) is 27.7. The smallest absolute Gasteiger partial charge is 0.748 e. The van der Waals surface area contributed by atoms with Crippen molar-refractivity contribution in [3.63, 3.8) is 0 Å². The molecule has 5 aromatic rings. The van der Waals surface area contributed by atoms with Crippen LogP contribution in [0.2, 0.25) is 5.02 Å². The Morgan fingerprint density at radius 2 is 1.63 bits per heavy atom. The summed E-state index contributed by atoms with van der Waals surface area (Å²) in [6.07, 6.45) is 3.81. The number of nitrogens with zero attached hydrogens (tertiary/aromatic N) is 3. The van der Waals surface area contributed by atoms with E-state index in [1.54, 1.807) is 28.8 Å². The number of ether oxygens (including phenoxy) is 1. The first-order valence-corrected chi connectivity index (χ1v) is 15.7. The molecule has 2 heterocycles. The third kappa shape index (κ3) is 8.59. The molecule has 0 aliphatic rings. The maximum absolute atomic E-state index is 11.4. The Kier molecular flexibility index (Phi) is 11.3. The summed E-state index contributed by atoms with van der Waals surface area (Å²) in [6, 6.07) is 24.9. The van der Waals surface area contributed by atoms with E-state index in [9.17, 15) is 18.1 Å². The molecule has 0 aliphatic heterocycles. The molecule has 0 spiro atoms. The second kappa shape index (κ2) is 14.7. The second-order valence-electron chi connectivity index (χ2n) is 10.2. The van der Waals surface area contributed by atoms with Gasteiger partial charge < -0.3 is 14.4 Å². The molecule has 5 rings (SSSR count). The van der Waals surface area contributed by atoms with Crippen molar-refractivity contribution in [1.29, 1.82) is 0 Å². The van der Waals surface area contributed by atoms with E-state index in [1.807, 2.05) is 67.6 Å². The van der Waals surface area contributed by atoms with Gasteiger partial charge in [-0.3, -0.25) is 4.40 Å². The summed E-state index contributed by atoms with van der Waals surface area (Å²) >= 11 is 6.52. The van der Waals surface area contributed by atoms with Crippen LogP contribution < -0.4 is 34.3 Å². The monoisotopic (exact) mass is 627 g/mol. The summed E-state index contributed by atoms with van der Waals surface area (Å²) in [4.78, 5) is 9.72. The molecular weight excluding hydrogens is 597 g/mol. The van der Waals surface area contributed by atoms with Crippen molar-refractivity contribution >= 4 is 27.4 Å². The first kappa shape index (κ1) is 33.0. The van der Waals surface area contributed by atoms with Crippen LogP contribution in [0.15, 0.2) is 85.1 Å². The molecule has 0 bridgehead atoms. The topological polar surface area (TPSA) is 117 Å². The summed E-state index contributed by atoms with van der Waals surface area (Å²) in [5.41, 5.74) is 5.24. The molecule has 1 N–H and O–H groups in total. The number of rotatable bonds is 12. The molecule has 1 atom stereocenters. The van der Waals surface area contributed by atoms with E-state index < -0.39 is 22.0 Å². The van der Waals surface area contributed by atoms with Crippen LogP contribution in [0.3, 0.4) is 0 Å². The van der Waals surface area contributed by atoms with Gasteiger partial charge in [0.05, 0.1) is 32.3 Å². The largest absolute Gasteiger partial charge is 1.00 e. The number of hydrogen-bond acceptors (Lipinski definition) is 7. The van der Waals surface area contributed by atoms with Crippen LogP contribution in [0.5, 0.6) is 11.6 Å². The molecule has 218 valence electrons. The van der Waals surface area contributed by atoms with Gasteiger partial charge in [0, 0.05) is 24.6 Å². The minimum atomic E-state index is -4.46. The van der Waals surface area contributed by atoms with E-state index in [4.69, 9.17) is 26.3 Å². The van der Waals surface area contributed by atoms with E-state index in [2.05, 4.69) is 0 Å². The summed E-state index contributed by atoms with van der Waals surface area (Å²) in [5.74, 6) is -0.313. The van der Waals surface area contributed by atoms with Crippen LogP contribution in [0.25, 0.3) is 16.9 Å². The van der Waals surface area contributed by atoms with Crippen LogP contribution in [-0.2, 0) is 23.0 Å². The van der Waals surface area contributed by atoms with Crippen LogP contribution in [0, 0.1) is 0 Å². The van der Waals surface area contributed by atoms with E-state index in [0.29, 0.717) is 29.9 Å². The van der Waals surface area contributed by atoms with Crippen molar-refractivity contribution in [1.82, 2.24) is 14.4 Å². The number of benzene rings is 3. The Labute approximate surface area is 278 Å². The van der Waals surface area contributed by atoms with Crippen LogP contribution in [0.1, 0.15) is 48.7 Å².